The molecule has 1 aromatic carbocycles. The van der Waals surface area contributed by atoms with E-state index in [1.165, 1.54) is 12.1 Å². The Morgan fingerprint density at radius 3 is 2.45 bits per heavy atom. The summed E-state index contributed by atoms with van der Waals surface area (Å²) in [5, 5.41) is 24.3. The van der Waals surface area contributed by atoms with Crippen molar-refractivity contribution in [2.75, 3.05) is 26.2 Å². The number of piperazine rings is 1. The van der Waals surface area contributed by atoms with Crippen LogP contribution in [0.15, 0.2) is 18.2 Å². The van der Waals surface area contributed by atoms with Crippen molar-refractivity contribution in [3.63, 3.8) is 0 Å². The molecule has 0 radical (unpaired) electrons. The van der Waals surface area contributed by atoms with E-state index in [1.54, 1.807) is 6.07 Å². The lowest BCUT2D eigenvalue weighted by Crippen LogP contribution is -2.45. The van der Waals surface area contributed by atoms with Gasteiger partial charge in [0.2, 0.25) is 0 Å². The SMILES string of the molecule is Cl.Cl.O=[N+]([O-])c1ccc(O)cc1[C@@H](C1CC1)N1CCNCC1. The van der Waals surface area contributed by atoms with Crippen LogP contribution in [0.1, 0.15) is 24.4 Å². The van der Waals surface area contributed by atoms with E-state index in [-0.39, 0.29) is 47.2 Å². The quantitative estimate of drug-likeness (QED) is 0.644. The van der Waals surface area contributed by atoms with Gasteiger partial charge in [-0.15, -0.1) is 24.8 Å². The molecule has 0 unspecified atom stereocenters. The first-order chi connectivity index (χ1) is 9.66. The van der Waals surface area contributed by atoms with Gasteiger partial charge < -0.3 is 10.4 Å². The summed E-state index contributed by atoms with van der Waals surface area (Å²) in [6.45, 7) is 3.62. The molecule has 2 fully saturated rings. The van der Waals surface area contributed by atoms with Crippen LogP contribution in [-0.2, 0) is 0 Å². The summed E-state index contributed by atoms with van der Waals surface area (Å²) in [7, 11) is 0. The van der Waals surface area contributed by atoms with Crippen LogP contribution in [0.2, 0.25) is 0 Å². The van der Waals surface area contributed by atoms with Crippen molar-refractivity contribution in [3.05, 3.63) is 33.9 Å². The molecular formula is C14H21Cl2N3O3. The Morgan fingerprint density at radius 2 is 1.91 bits per heavy atom. The van der Waals surface area contributed by atoms with Gasteiger partial charge in [-0.05, 0) is 30.9 Å². The first-order valence-electron chi connectivity index (χ1n) is 7.09. The monoisotopic (exact) mass is 349 g/mol. The maximum atomic E-state index is 11.3. The Morgan fingerprint density at radius 1 is 1.27 bits per heavy atom. The number of nitrogens with zero attached hydrogens (tertiary/aromatic N) is 2. The average molecular weight is 350 g/mol. The number of phenols is 1. The van der Waals surface area contributed by atoms with E-state index in [0.717, 1.165) is 39.0 Å². The lowest BCUT2D eigenvalue weighted by Gasteiger charge is -2.35. The number of aromatic hydroxyl groups is 1. The molecule has 2 aliphatic rings. The van der Waals surface area contributed by atoms with Crippen molar-refractivity contribution in [3.8, 4) is 5.75 Å². The zero-order valence-electron chi connectivity index (χ0n) is 12.1. The fraction of sp³-hybridized carbons (Fsp3) is 0.571. The molecule has 124 valence electrons. The Bertz CT molecular complexity index is 520. The standard InChI is InChI=1S/C14H19N3O3.2ClH/c18-11-3-4-13(17(19)20)12(9-11)14(10-1-2-10)16-7-5-15-6-8-16;;/h3-4,9-10,14-15,18H,1-2,5-8H2;2*1H/t14-;;/m1../s1. The number of halogens is 2. The fourth-order valence-electron chi connectivity index (χ4n) is 3.07. The topological polar surface area (TPSA) is 78.6 Å². The summed E-state index contributed by atoms with van der Waals surface area (Å²) in [6.07, 6.45) is 2.23. The van der Waals surface area contributed by atoms with Crippen LogP contribution in [0.4, 0.5) is 5.69 Å². The normalized spacial score (nSPS) is 19.6. The van der Waals surface area contributed by atoms with Gasteiger partial charge in [0.25, 0.3) is 5.69 Å². The van der Waals surface area contributed by atoms with Gasteiger partial charge in [0.15, 0.2) is 0 Å². The average Bonchev–Trinajstić information content (AvgIpc) is 3.25. The van der Waals surface area contributed by atoms with Gasteiger partial charge in [-0.25, -0.2) is 0 Å². The van der Waals surface area contributed by atoms with Crippen molar-refractivity contribution < 1.29 is 10.0 Å². The van der Waals surface area contributed by atoms with Gasteiger partial charge in [0, 0.05) is 38.3 Å². The number of phenolic OH excluding ortho intramolecular Hbond substituents is 1. The van der Waals surface area contributed by atoms with E-state index in [2.05, 4.69) is 10.2 Å². The molecule has 0 aromatic heterocycles. The van der Waals surface area contributed by atoms with Gasteiger partial charge in [0.1, 0.15) is 5.75 Å². The Kier molecular flexibility index (Phi) is 6.87. The van der Waals surface area contributed by atoms with Crippen LogP contribution in [0, 0.1) is 16.0 Å². The van der Waals surface area contributed by atoms with Gasteiger partial charge >= 0.3 is 0 Å². The summed E-state index contributed by atoms with van der Waals surface area (Å²) in [5.74, 6) is 0.583. The summed E-state index contributed by atoms with van der Waals surface area (Å²) in [6, 6.07) is 4.44. The zero-order valence-corrected chi connectivity index (χ0v) is 13.7. The summed E-state index contributed by atoms with van der Waals surface area (Å²) in [5.41, 5.74) is 0.789. The predicted molar refractivity (Wildman–Crippen MR) is 89.2 cm³/mol. The van der Waals surface area contributed by atoms with Gasteiger partial charge in [-0.2, -0.15) is 0 Å². The number of nitrogens with one attached hydrogen (secondary N) is 1. The molecule has 1 aliphatic heterocycles. The minimum Gasteiger partial charge on any atom is -0.508 e. The molecular weight excluding hydrogens is 329 g/mol. The van der Waals surface area contributed by atoms with E-state index < -0.39 is 0 Å². The first kappa shape index (κ1) is 19.0. The first-order valence-corrected chi connectivity index (χ1v) is 7.09. The second-order valence-corrected chi connectivity index (χ2v) is 5.57. The molecule has 0 spiro atoms. The number of hydrogen-bond acceptors (Lipinski definition) is 5. The maximum Gasteiger partial charge on any atom is 0.274 e. The van der Waals surface area contributed by atoms with E-state index in [0.29, 0.717) is 11.5 Å². The van der Waals surface area contributed by atoms with Crippen LogP contribution in [-0.4, -0.2) is 41.1 Å². The summed E-state index contributed by atoms with van der Waals surface area (Å²) >= 11 is 0. The Hall–Kier alpha value is -1.08. The molecule has 1 saturated carbocycles. The highest BCUT2D eigenvalue weighted by atomic mass is 35.5. The van der Waals surface area contributed by atoms with Crippen molar-refractivity contribution in [2.45, 2.75) is 18.9 Å². The van der Waals surface area contributed by atoms with Crippen LogP contribution in [0.25, 0.3) is 0 Å². The van der Waals surface area contributed by atoms with Crippen LogP contribution < -0.4 is 5.32 Å². The van der Waals surface area contributed by atoms with Gasteiger partial charge in [-0.3, -0.25) is 15.0 Å². The van der Waals surface area contributed by atoms with Gasteiger partial charge in [0.05, 0.1) is 10.5 Å². The summed E-state index contributed by atoms with van der Waals surface area (Å²) in [4.78, 5) is 13.2. The van der Waals surface area contributed by atoms with Crippen molar-refractivity contribution in [1.29, 1.82) is 0 Å². The molecule has 3 rings (SSSR count). The highest BCUT2D eigenvalue weighted by Gasteiger charge is 2.40. The van der Waals surface area contributed by atoms with Crippen molar-refractivity contribution in [1.82, 2.24) is 10.2 Å². The Balaban J connectivity index is 0.00000121. The molecule has 1 aliphatic carbocycles. The van der Waals surface area contributed by atoms with Crippen molar-refractivity contribution in [2.24, 2.45) is 5.92 Å². The molecule has 2 N–H and O–H groups in total. The number of benzene rings is 1. The predicted octanol–water partition coefficient (Wildman–Crippen LogP) is 2.50. The Labute approximate surface area is 141 Å². The molecule has 1 saturated heterocycles. The second kappa shape index (κ2) is 7.97. The third-order valence-electron chi connectivity index (χ3n) is 4.14. The van der Waals surface area contributed by atoms with Crippen LogP contribution in [0.3, 0.4) is 0 Å². The maximum absolute atomic E-state index is 11.3. The summed E-state index contributed by atoms with van der Waals surface area (Å²) < 4.78 is 0. The number of nitro groups is 1. The molecule has 8 heteroatoms. The molecule has 22 heavy (non-hydrogen) atoms. The highest BCUT2D eigenvalue weighted by Crippen LogP contribution is 2.47. The fourth-order valence-corrected chi connectivity index (χ4v) is 3.07. The number of nitro benzene ring substituents is 1. The molecule has 1 atom stereocenters. The minimum atomic E-state index is -0.341. The smallest absolute Gasteiger partial charge is 0.274 e. The molecule has 1 heterocycles. The molecule has 1 aromatic rings. The third kappa shape index (κ3) is 4.01. The number of hydrogen-bond donors (Lipinski definition) is 2. The largest absolute Gasteiger partial charge is 0.508 e. The lowest BCUT2D eigenvalue weighted by molar-refractivity contribution is -0.386. The highest BCUT2D eigenvalue weighted by molar-refractivity contribution is 5.85. The lowest BCUT2D eigenvalue weighted by atomic mass is 9.97. The molecule has 6 nitrogen and oxygen atoms in total. The molecule has 0 bridgehead atoms. The van der Waals surface area contributed by atoms with Gasteiger partial charge in [-0.1, -0.05) is 0 Å². The van der Waals surface area contributed by atoms with Crippen LogP contribution in [0.5, 0.6) is 5.75 Å². The van der Waals surface area contributed by atoms with Crippen LogP contribution >= 0.6 is 24.8 Å². The molecule has 0 amide bonds. The minimum absolute atomic E-state index is 0. The van der Waals surface area contributed by atoms with E-state index in [9.17, 15) is 15.2 Å². The van der Waals surface area contributed by atoms with E-state index >= 15 is 0 Å². The second-order valence-electron chi connectivity index (χ2n) is 5.57. The number of rotatable bonds is 4. The third-order valence-corrected chi connectivity index (χ3v) is 4.14. The van der Waals surface area contributed by atoms with Crippen molar-refractivity contribution >= 4 is 30.5 Å². The zero-order chi connectivity index (χ0) is 14.1. The van der Waals surface area contributed by atoms with E-state index in [1.807, 2.05) is 0 Å². The van der Waals surface area contributed by atoms with E-state index in [4.69, 9.17) is 0 Å².